The molecule has 0 aliphatic carbocycles. The van der Waals surface area contributed by atoms with Gasteiger partial charge in [0.05, 0.1) is 6.61 Å². The summed E-state index contributed by atoms with van der Waals surface area (Å²) in [6, 6.07) is 4.70. The Morgan fingerprint density at radius 2 is 1.45 bits per heavy atom. The first-order valence-electron chi connectivity index (χ1n) is 8.53. The lowest BCUT2D eigenvalue weighted by Gasteiger charge is -2.30. The molecule has 0 aliphatic heterocycles. The van der Waals surface area contributed by atoms with E-state index in [4.69, 9.17) is 4.74 Å². The average molecular weight is 303 g/mol. The van der Waals surface area contributed by atoms with Crippen molar-refractivity contribution >= 4 is 0 Å². The quantitative estimate of drug-likeness (QED) is 0.589. The lowest BCUT2D eigenvalue weighted by atomic mass is 9.78. The van der Waals surface area contributed by atoms with Crippen LogP contribution >= 0.6 is 0 Å². The van der Waals surface area contributed by atoms with E-state index in [0.717, 1.165) is 18.6 Å². The molecule has 0 fully saturated rings. The summed E-state index contributed by atoms with van der Waals surface area (Å²) in [5, 5.41) is 0. The van der Waals surface area contributed by atoms with Crippen LogP contribution in [0.4, 0.5) is 0 Å². The molecular formula is C21H34O. The van der Waals surface area contributed by atoms with E-state index in [1.165, 1.54) is 16.7 Å². The van der Waals surface area contributed by atoms with Gasteiger partial charge < -0.3 is 4.74 Å². The number of aryl methyl sites for hydroxylation is 1. The fourth-order valence-electron chi connectivity index (χ4n) is 2.66. The topological polar surface area (TPSA) is 9.23 Å². The van der Waals surface area contributed by atoms with Gasteiger partial charge in [-0.3, -0.25) is 0 Å². The molecule has 0 saturated carbocycles. The summed E-state index contributed by atoms with van der Waals surface area (Å²) in [5.41, 5.74) is 4.24. The van der Waals surface area contributed by atoms with Crippen LogP contribution in [0.3, 0.4) is 0 Å². The van der Waals surface area contributed by atoms with Crippen LogP contribution in [0.1, 0.15) is 78.5 Å². The molecule has 22 heavy (non-hydrogen) atoms. The normalized spacial score (nSPS) is 12.9. The number of rotatable bonds is 5. The number of allylic oxidation sites excluding steroid dienone is 2. The molecule has 0 aliphatic rings. The maximum Gasteiger partial charge on any atom is 0.126 e. The van der Waals surface area contributed by atoms with Crippen LogP contribution in [-0.2, 0) is 17.3 Å². The Labute approximate surface area is 137 Å². The Balaban J connectivity index is 3.46. The third kappa shape index (κ3) is 4.90. The van der Waals surface area contributed by atoms with Crippen LogP contribution in [0.5, 0.6) is 5.75 Å². The molecule has 0 unspecified atom stereocenters. The predicted octanol–water partition coefficient (Wildman–Crippen LogP) is 6.19. The third-order valence-electron chi connectivity index (χ3n) is 3.89. The van der Waals surface area contributed by atoms with Gasteiger partial charge >= 0.3 is 0 Å². The molecule has 0 saturated heterocycles. The highest BCUT2D eigenvalue weighted by atomic mass is 16.5. The monoisotopic (exact) mass is 302 g/mol. The van der Waals surface area contributed by atoms with Gasteiger partial charge in [0.1, 0.15) is 5.75 Å². The van der Waals surface area contributed by atoms with Gasteiger partial charge in [0.15, 0.2) is 0 Å². The van der Waals surface area contributed by atoms with Crippen LogP contribution in [-0.4, -0.2) is 6.61 Å². The van der Waals surface area contributed by atoms with Gasteiger partial charge in [0.25, 0.3) is 0 Å². The van der Waals surface area contributed by atoms with E-state index in [2.05, 4.69) is 79.7 Å². The van der Waals surface area contributed by atoms with Crippen molar-refractivity contribution in [3.8, 4) is 5.75 Å². The summed E-state index contributed by atoms with van der Waals surface area (Å²) < 4.78 is 6.09. The summed E-state index contributed by atoms with van der Waals surface area (Å²) in [7, 11) is 0. The first-order valence-corrected chi connectivity index (χ1v) is 8.53. The highest BCUT2D eigenvalue weighted by molar-refractivity contribution is 5.51. The number of hydrogen-bond donors (Lipinski definition) is 0. The third-order valence-corrected chi connectivity index (χ3v) is 3.89. The maximum atomic E-state index is 6.09. The van der Waals surface area contributed by atoms with Crippen molar-refractivity contribution in [2.45, 2.75) is 79.1 Å². The Bertz CT molecular complexity index is 475. The molecule has 124 valence electrons. The minimum absolute atomic E-state index is 0.0844. The largest absolute Gasteiger partial charge is 0.493 e. The maximum absolute atomic E-state index is 6.09. The molecule has 1 nitrogen and oxygen atoms in total. The number of benzene rings is 1. The minimum Gasteiger partial charge on any atom is -0.493 e. The van der Waals surface area contributed by atoms with Crippen LogP contribution in [0.25, 0.3) is 0 Å². The summed E-state index contributed by atoms with van der Waals surface area (Å²) in [5.74, 6) is 1.09. The van der Waals surface area contributed by atoms with Gasteiger partial charge in [-0.2, -0.15) is 0 Å². The van der Waals surface area contributed by atoms with Gasteiger partial charge in [0, 0.05) is 11.1 Å². The predicted molar refractivity (Wildman–Crippen MR) is 98.1 cm³/mol. The summed E-state index contributed by atoms with van der Waals surface area (Å²) in [6.07, 6.45) is 6.55. The Kier molecular flexibility index (Phi) is 6.28. The summed E-state index contributed by atoms with van der Waals surface area (Å²) in [6.45, 7) is 18.5. The van der Waals surface area contributed by atoms with Crippen LogP contribution in [0.15, 0.2) is 24.3 Å². The highest BCUT2D eigenvalue weighted by Crippen LogP contribution is 2.40. The second-order valence-corrected chi connectivity index (χ2v) is 8.06. The second-order valence-electron chi connectivity index (χ2n) is 8.06. The van der Waals surface area contributed by atoms with Gasteiger partial charge in [-0.15, -0.1) is 0 Å². The van der Waals surface area contributed by atoms with E-state index in [9.17, 15) is 0 Å². The summed E-state index contributed by atoms with van der Waals surface area (Å²) in [4.78, 5) is 0. The van der Waals surface area contributed by atoms with Crippen molar-refractivity contribution in [1.29, 1.82) is 0 Å². The highest BCUT2D eigenvalue weighted by Gasteiger charge is 2.27. The summed E-state index contributed by atoms with van der Waals surface area (Å²) >= 11 is 0. The van der Waals surface area contributed by atoms with Crippen molar-refractivity contribution in [2.24, 2.45) is 0 Å². The molecule has 0 radical (unpaired) electrons. The van der Waals surface area contributed by atoms with Crippen LogP contribution < -0.4 is 4.74 Å². The van der Waals surface area contributed by atoms with E-state index in [1.54, 1.807) is 0 Å². The van der Waals surface area contributed by atoms with E-state index in [-0.39, 0.29) is 10.8 Å². The minimum atomic E-state index is 0.0844. The van der Waals surface area contributed by atoms with Crippen LogP contribution in [0, 0.1) is 0 Å². The van der Waals surface area contributed by atoms with Gasteiger partial charge in [-0.1, -0.05) is 65.8 Å². The van der Waals surface area contributed by atoms with E-state index in [0.29, 0.717) is 6.61 Å². The van der Waals surface area contributed by atoms with E-state index < -0.39 is 0 Å². The molecule has 1 heteroatoms. The molecule has 1 aromatic carbocycles. The van der Waals surface area contributed by atoms with Crippen LogP contribution in [0.2, 0.25) is 0 Å². The van der Waals surface area contributed by atoms with Gasteiger partial charge in [-0.05, 0) is 43.1 Å². The number of hydrogen-bond acceptors (Lipinski definition) is 1. The van der Waals surface area contributed by atoms with Crippen molar-refractivity contribution in [3.05, 3.63) is 41.0 Å². The SMILES string of the molecule is C/C=C\CCc1cc(C(C)(C)C)c(OCC)c(C(C)(C)C)c1. The average Bonchev–Trinajstić information content (AvgIpc) is 2.38. The lowest BCUT2D eigenvalue weighted by Crippen LogP contribution is -2.20. The zero-order chi connectivity index (χ0) is 17.0. The van der Waals surface area contributed by atoms with Crippen molar-refractivity contribution in [1.82, 2.24) is 0 Å². The van der Waals surface area contributed by atoms with Gasteiger partial charge in [-0.25, -0.2) is 0 Å². The van der Waals surface area contributed by atoms with E-state index in [1.807, 2.05) is 0 Å². The molecule has 0 N–H and O–H groups in total. The molecular weight excluding hydrogens is 268 g/mol. The lowest BCUT2D eigenvalue weighted by molar-refractivity contribution is 0.319. The smallest absolute Gasteiger partial charge is 0.126 e. The molecule has 1 aromatic rings. The Morgan fingerprint density at radius 3 is 1.82 bits per heavy atom. The van der Waals surface area contributed by atoms with Gasteiger partial charge in [0.2, 0.25) is 0 Å². The standard InChI is InChI=1S/C21H34O/c1-9-11-12-13-16-14-17(20(3,4)5)19(22-10-2)18(15-16)21(6,7)8/h9,11,14-15H,10,12-13H2,1-8H3/b11-9-. The molecule has 0 atom stereocenters. The molecule has 0 aromatic heterocycles. The zero-order valence-corrected chi connectivity index (χ0v) is 15.8. The molecule has 0 heterocycles. The first kappa shape index (κ1) is 18.8. The fourth-order valence-corrected chi connectivity index (χ4v) is 2.66. The van der Waals surface area contributed by atoms with Crippen molar-refractivity contribution in [3.63, 3.8) is 0 Å². The molecule has 0 amide bonds. The van der Waals surface area contributed by atoms with Crippen molar-refractivity contribution < 1.29 is 4.74 Å². The molecule has 0 spiro atoms. The first-order chi connectivity index (χ1) is 10.1. The second kappa shape index (κ2) is 7.35. The molecule has 0 bridgehead atoms. The Hall–Kier alpha value is -1.24. The molecule has 1 rings (SSSR count). The van der Waals surface area contributed by atoms with E-state index >= 15 is 0 Å². The fraction of sp³-hybridized carbons (Fsp3) is 0.619. The number of ether oxygens (including phenoxy) is 1. The van der Waals surface area contributed by atoms with Crippen molar-refractivity contribution in [2.75, 3.05) is 6.61 Å². The Morgan fingerprint density at radius 1 is 0.955 bits per heavy atom. The zero-order valence-electron chi connectivity index (χ0n) is 15.8.